The Morgan fingerprint density at radius 3 is 3.00 bits per heavy atom. The number of hydrogen-bond donors (Lipinski definition) is 1. The molecule has 0 amide bonds. The molecule has 0 spiro atoms. The van der Waals surface area contributed by atoms with E-state index in [4.69, 9.17) is 5.73 Å². The van der Waals surface area contributed by atoms with Crippen molar-refractivity contribution in [2.45, 2.75) is 0 Å². The molecule has 2 aromatic rings. The number of fused-ring (bicyclic) bond motifs is 1. The number of nitrogens with two attached hydrogens (primary N) is 1. The van der Waals surface area contributed by atoms with Crippen LogP contribution in [0.25, 0.3) is 11.0 Å². The maximum absolute atomic E-state index is 10.5. The van der Waals surface area contributed by atoms with Crippen molar-refractivity contribution in [1.82, 2.24) is 9.66 Å². The summed E-state index contributed by atoms with van der Waals surface area (Å²) in [6, 6.07) is 4.98. The zero-order chi connectivity index (χ0) is 9.42. The summed E-state index contributed by atoms with van der Waals surface area (Å²) in [4.78, 5) is 14.3. The zero-order valence-electron chi connectivity index (χ0n) is 6.54. The van der Waals surface area contributed by atoms with E-state index in [1.54, 1.807) is 18.2 Å². The van der Waals surface area contributed by atoms with Gasteiger partial charge in [0.25, 0.3) is 0 Å². The van der Waals surface area contributed by atoms with Crippen LogP contribution in [0.5, 0.6) is 0 Å². The molecule has 0 saturated heterocycles. The van der Waals surface area contributed by atoms with E-state index in [0.29, 0.717) is 16.7 Å². The van der Waals surface area contributed by atoms with Gasteiger partial charge < -0.3 is 5.73 Å². The van der Waals surface area contributed by atoms with Crippen molar-refractivity contribution < 1.29 is 5.03 Å². The normalized spacial score (nSPS) is 10.5. The molecule has 0 unspecified atom stereocenters. The topological polar surface area (TPSA) is 87.0 Å². The van der Waals surface area contributed by atoms with Crippen LogP contribution in [0.4, 0.5) is 5.69 Å². The van der Waals surface area contributed by atoms with Crippen molar-refractivity contribution in [3.63, 3.8) is 0 Å². The second-order valence-electron chi connectivity index (χ2n) is 2.54. The second kappa shape index (κ2) is 2.44. The number of nitrogen functional groups attached to an aromatic ring is 1. The number of nitro groups is 1. The Hall–Kier alpha value is -2.11. The highest BCUT2D eigenvalue weighted by atomic mass is 16.7. The van der Waals surface area contributed by atoms with Gasteiger partial charge in [0.05, 0.1) is 11.2 Å². The number of rotatable bonds is 1. The van der Waals surface area contributed by atoms with Crippen LogP contribution in [-0.2, 0) is 0 Å². The smallest absolute Gasteiger partial charge is 0.171 e. The Bertz CT molecular complexity index is 476. The molecule has 66 valence electrons. The van der Waals surface area contributed by atoms with Crippen molar-refractivity contribution in [3.05, 3.63) is 34.6 Å². The number of anilines is 1. The number of aromatic nitrogens is 2. The molecule has 0 aliphatic heterocycles. The molecule has 0 saturated carbocycles. The molecule has 6 nitrogen and oxygen atoms in total. The summed E-state index contributed by atoms with van der Waals surface area (Å²) in [6.07, 6.45) is 1.14. The first-order valence-electron chi connectivity index (χ1n) is 3.56. The summed E-state index contributed by atoms with van der Waals surface area (Å²) >= 11 is 0. The molecule has 1 aromatic carbocycles. The molecular weight excluding hydrogens is 172 g/mol. The van der Waals surface area contributed by atoms with Crippen LogP contribution in [-0.4, -0.2) is 14.7 Å². The molecule has 0 aliphatic carbocycles. The van der Waals surface area contributed by atoms with Gasteiger partial charge in [0.1, 0.15) is 0 Å². The van der Waals surface area contributed by atoms with E-state index in [1.807, 2.05) is 0 Å². The zero-order valence-corrected chi connectivity index (χ0v) is 6.54. The number of hydrogen-bond acceptors (Lipinski definition) is 4. The molecule has 2 N–H and O–H groups in total. The Labute approximate surface area is 72.7 Å². The highest BCUT2D eigenvalue weighted by Gasteiger charge is 2.11. The van der Waals surface area contributed by atoms with Crippen LogP contribution in [0.1, 0.15) is 0 Å². The first kappa shape index (κ1) is 7.53. The van der Waals surface area contributed by atoms with Crippen LogP contribution < -0.4 is 5.73 Å². The molecule has 0 fully saturated rings. The predicted molar refractivity (Wildman–Crippen MR) is 46.5 cm³/mol. The van der Waals surface area contributed by atoms with Crippen molar-refractivity contribution in [2.75, 3.05) is 5.73 Å². The lowest BCUT2D eigenvalue weighted by Gasteiger charge is -1.95. The van der Waals surface area contributed by atoms with Crippen LogP contribution in [0.3, 0.4) is 0 Å². The van der Waals surface area contributed by atoms with Crippen molar-refractivity contribution in [3.8, 4) is 0 Å². The Morgan fingerprint density at radius 1 is 1.54 bits per heavy atom. The third-order valence-electron chi connectivity index (χ3n) is 1.76. The van der Waals surface area contributed by atoms with Gasteiger partial charge in [-0.2, -0.15) is 0 Å². The number of para-hydroxylation sites is 1. The summed E-state index contributed by atoms with van der Waals surface area (Å²) in [5.41, 5.74) is 6.79. The van der Waals surface area contributed by atoms with E-state index in [-0.39, 0.29) is 0 Å². The first-order valence-corrected chi connectivity index (χ1v) is 3.56. The van der Waals surface area contributed by atoms with E-state index in [1.165, 1.54) is 0 Å². The fourth-order valence-corrected chi connectivity index (χ4v) is 1.20. The largest absolute Gasteiger partial charge is 0.397 e. The van der Waals surface area contributed by atoms with Crippen LogP contribution >= 0.6 is 0 Å². The SMILES string of the molecule is Nc1cccc2ncn([N+](=O)[O-])c12. The Kier molecular flexibility index (Phi) is 1.42. The lowest BCUT2D eigenvalue weighted by molar-refractivity contribution is -0.537. The summed E-state index contributed by atoms with van der Waals surface area (Å²) < 4.78 is 0.810. The Balaban J connectivity index is 2.86. The van der Waals surface area contributed by atoms with Gasteiger partial charge in [0.15, 0.2) is 16.9 Å². The van der Waals surface area contributed by atoms with Gasteiger partial charge in [-0.3, -0.25) is 0 Å². The van der Waals surface area contributed by atoms with Gasteiger partial charge in [-0.25, -0.2) is 15.1 Å². The molecule has 0 bridgehead atoms. The maximum atomic E-state index is 10.5. The molecule has 6 heteroatoms. The fraction of sp³-hybridized carbons (Fsp3) is 0. The van der Waals surface area contributed by atoms with Gasteiger partial charge in [-0.05, 0) is 16.8 Å². The van der Waals surface area contributed by atoms with Gasteiger partial charge in [0, 0.05) is 0 Å². The predicted octanol–water partition coefficient (Wildman–Crippen LogP) is 0.658. The van der Waals surface area contributed by atoms with Gasteiger partial charge >= 0.3 is 0 Å². The lowest BCUT2D eigenvalue weighted by Crippen LogP contribution is -2.07. The molecule has 1 aromatic heterocycles. The summed E-state index contributed by atoms with van der Waals surface area (Å²) in [6.45, 7) is 0. The minimum Gasteiger partial charge on any atom is -0.397 e. The monoisotopic (exact) mass is 178 g/mol. The number of imidazole rings is 1. The summed E-state index contributed by atoms with van der Waals surface area (Å²) in [7, 11) is 0. The Morgan fingerprint density at radius 2 is 2.31 bits per heavy atom. The van der Waals surface area contributed by atoms with Gasteiger partial charge in [-0.1, -0.05) is 6.07 Å². The van der Waals surface area contributed by atoms with E-state index >= 15 is 0 Å². The summed E-state index contributed by atoms with van der Waals surface area (Å²) in [5.74, 6) is 0. The fourth-order valence-electron chi connectivity index (χ4n) is 1.20. The van der Waals surface area contributed by atoms with E-state index < -0.39 is 5.03 Å². The molecule has 0 atom stereocenters. The molecule has 0 radical (unpaired) electrons. The highest BCUT2D eigenvalue weighted by molar-refractivity contribution is 5.86. The van der Waals surface area contributed by atoms with Gasteiger partial charge in [0.2, 0.25) is 0 Å². The summed E-state index contributed by atoms with van der Waals surface area (Å²) in [5, 5.41) is 9.94. The van der Waals surface area contributed by atoms with E-state index in [0.717, 1.165) is 11.0 Å². The molecule has 2 rings (SSSR count). The standard InChI is InChI=1S/C7H6N4O2/c8-5-2-1-3-6-7(5)10(4-9-6)11(12)13/h1-4H,8H2. The maximum Gasteiger partial charge on any atom is 0.171 e. The molecule has 13 heavy (non-hydrogen) atoms. The van der Waals surface area contributed by atoms with Crippen LogP contribution in [0.2, 0.25) is 0 Å². The van der Waals surface area contributed by atoms with Crippen molar-refractivity contribution in [2.24, 2.45) is 0 Å². The third-order valence-corrected chi connectivity index (χ3v) is 1.76. The lowest BCUT2D eigenvalue weighted by atomic mass is 10.3. The van der Waals surface area contributed by atoms with E-state index in [9.17, 15) is 10.1 Å². The average Bonchev–Trinajstić information content (AvgIpc) is 2.49. The van der Waals surface area contributed by atoms with Crippen molar-refractivity contribution in [1.29, 1.82) is 0 Å². The van der Waals surface area contributed by atoms with Crippen molar-refractivity contribution >= 4 is 16.7 Å². The second-order valence-corrected chi connectivity index (χ2v) is 2.54. The number of nitrogens with zero attached hydrogens (tertiary/aromatic N) is 3. The molecular formula is C7H6N4O2. The van der Waals surface area contributed by atoms with Gasteiger partial charge in [-0.15, -0.1) is 0 Å². The minimum atomic E-state index is -0.564. The first-order chi connectivity index (χ1) is 6.20. The quantitative estimate of drug-likeness (QED) is 0.394. The van der Waals surface area contributed by atoms with E-state index in [2.05, 4.69) is 4.98 Å². The average molecular weight is 178 g/mol. The molecule has 0 aliphatic rings. The third kappa shape index (κ3) is 0.994. The highest BCUT2D eigenvalue weighted by Crippen LogP contribution is 2.18. The number of benzene rings is 1. The van der Waals surface area contributed by atoms with Crippen LogP contribution in [0.15, 0.2) is 24.5 Å². The van der Waals surface area contributed by atoms with Crippen LogP contribution in [0, 0.1) is 10.1 Å². The minimum absolute atomic E-state index is 0.340. The molecule has 1 heterocycles.